The number of carbonyl (C=O) groups is 1. The topological polar surface area (TPSA) is 109 Å². The highest BCUT2D eigenvalue weighted by atomic mass is 16.6. The molecule has 1 amide bonds. The molecular weight excluding hydrogens is 262 g/mol. The molecule has 0 aromatic carbocycles. The first-order chi connectivity index (χ1) is 9.60. The summed E-state index contributed by atoms with van der Waals surface area (Å²) in [5.74, 6) is 0.444. The van der Waals surface area contributed by atoms with Gasteiger partial charge in [-0.2, -0.15) is 0 Å². The average Bonchev–Trinajstić information content (AvgIpc) is 3.20. The molecule has 0 atom stereocenters. The van der Waals surface area contributed by atoms with E-state index in [-0.39, 0.29) is 30.0 Å². The number of hydrogen-bond acceptors (Lipinski definition) is 6. The van der Waals surface area contributed by atoms with Crippen molar-refractivity contribution in [3.05, 3.63) is 22.2 Å². The number of nitrogens with zero attached hydrogens (tertiary/aromatic N) is 2. The standard InChI is InChI=1S/C12H17N5O3/c1-2-13-10-6-5-9(17(19)20)12(16-10)14-7-11(18)15-8-3-4-8/h5-6,8H,2-4,7H2,1H3,(H,15,18)(H2,13,14,16). The number of hydrogen-bond donors (Lipinski definition) is 3. The van der Waals surface area contributed by atoms with Crippen molar-refractivity contribution < 1.29 is 9.72 Å². The third-order valence-corrected chi connectivity index (χ3v) is 2.79. The predicted molar refractivity (Wildman–Crippen MR) is 74.7 cm³/mol. The van der Waals surface area contributed by atoms with Gasteiger partial charge in [-0.05, 0) is 25.8 Å². The highest BCUT2D eigenvalue weighted by Gasteiger charge is 2.23. The Kier molecular flexibility index (Phi) is 4.34. The Hall–Kier alpha value is -2.38. The lowest BCUT2D eigenvalue weighted by Crippen LogP contribution is -2.31. The number of amides is 1. The minimum atomic E-state index is -0.524. The van der Waals surface area contributed by atoms with Gasteiger partial charge in [-0.15, -0.1) is 0 Å². The van der Waals surface area contributed by atoms with Crippen LogP contribution in [0.1, 0.15) is 19.8 Å². The summed E-state index contributed by atoms with van der Waals surface area (Å²) in [5.41, 5.74) is -0.147. The zero-order valence-electron chi connectivity index (χ0n) is 11.2. The molecule has 1 aromatic heterocycles. The Morgan fingerprint density at radius 2 is 2.20 bits per heavy atom. The molecule has 3 N–H and O–H groups in total. The van der Waals surface area contributed by atoms with E-state index in [1.54, 1.807) is 0 Å². The minimum absolute atomic E-state index is 0.0279. The fourth-order valence-electron chi connectivity index (χ4n) is 1.68. The van der Waals surface area contributed by atoms with Gasteiger partial charge in [-0.25, -0.2) is 4.98 Å². The Labute approximate surface area is 116 Å². The summed E-state index contributed by atoms with van der Waals surface area (Å²) in [5, 5.41) is 19.4. The molecule has 1 fully saturated rings. The van der Waals surface area contributed by atoms with Crippen molar-refractivity contribution in [1.82, 2.24) is 10.3 Å². The molecule has 0 bridgehead atoms. The van der Waals surface area contributed by atoms with Gasteiger partial charge in [-0.1, -0.05) is 0 Å². The highest BCUT2D eigenvalue weighted by molar-refractivity contribution is 5.81. The Balaban J connectivity index is 2.03. The van der Waals surface area contributed by atoms with Crippen molar-refractivity contribution in [3.63, 3.8) is 0 Å². The van der Waals surface area contributed by atoms with Crippen LogP contribution in [0.4, 0.5) is 17.3 Å². The van der Waals surface area contributed by atoms with Crippen LogP contribution in [0, 0.1) is 10.1 Å². The predicted octanol–water partition coefficient (Wildman–Crippen LogP) is 1.11. The Bertz CT molecular complexity index is 516. The van der Waals surface area contributed by atoms with Gasteiger partial charge in [0.2, 0.25) is 11.7 Å². The van der Waals surface area contributed by atoms with Crippen LogP contribution in [0.25, 0.3) is 0 Å². The summed E-state index contributed by atoms with van der Waals surface area (Å²) in [7, 11) is 0. The zero-order chi connectivity index (χ0) is 14.5. The monoisotopic (exact) mass is 279 g/mol. The lowest BCUT2D eigenvalue weighted by Gasteiger charge is -2.09. The van der Waals surface area contributed by atoms with E-state index in [2.05, 4.69) is 20.9 Å². The van der Waals surface area contributed by atoms with Crippen molar-refractivity contribution in [1.29, 1.82) is 0 Å². The molecular formula is C12H17N5O3. The van der Waals surface area contributed by atoms with Crippen LogP contribution < -0.4 is 16.0 Å². The van der Waals surface area contributed by atoms with Crippen LogP contribution in [-0.4, -0.2) is 34.9 Å². The molecule has 0 aliphatic heterocycles. The summed E-state index contributed by atoms with van der Waals surface area (Å²) in [6.45, 7) is 2.53. The fraction of sp³-hybridized carbons (Fsp3) is 0.500. The molecule has 20 heavy (non-hydrogen) atoms. The lowest BCUT2D eigenvalue weighted by molar-refractivity contribution is -0.384. The number of rotatable bonds is 7. The molecule has 2 rings (SSSR count). The molecule has 0 radical (unpaired) electrons. The van der Waals surface area contributed by atoms with E-state index in [0.29, 0.717) is 12.4 Å². The number of pyridine rings is 1. The summed E-state index contributed by atoms with van der Waals surface area (Å²) in [4.78, 5) is 26.1. The lowest BCUT2D eigenvalue weighted by atomic mass is 10.3. The summed E-state index contributed by atoms with van der Waals surface area (Å²) in [6, 6.07) is 3.17. The van der Waals surface area contributed by atoms with Crippen LogP contribution in [0.2, 0.25) is 0 Å². The fourth-order valence-corrected chi connectivity index (χ4v) is 1.68. The molecule has 0 saturated heterocycles. The van der Waals surface area contributed by atoms with Crippen molar-refractivity contribution in [3.8, 4) is 0 Å². The normalized spacial score (nSPS) is 13.7. The van der Waals surface area contributed by atoms with E-state index in [1.807, 2.05) is 6.92 Å². The quantitative estimate of drug-likeness (QED) is 0.509. The molecule has 1 saturated carbocycles. The first-order valence-electron chi connectivity index (χ1n) is 6.52. The highest BCUT2D eigenvalue weighted by Crippen LogP contribution is 2.24. The molecule has 8 heteroatoms. The second kappa shape index (κ2) is 6.18. The molecule has 1 aromatic rings. The number of anilines is 2. The van der Waals surface area contributed by atoms with E-state index < -0.39 is 4.92 Å². The largest absolute Gasteiger partial charge is 0.370 e. The third-order valence-electron chi connectivity index (χ3n) is 2.79. The van der Waals surface area contributed by atoms with Gasteiger partial charge in [0.1, 0.15) is 5.82 Å². The van der Waals surface area contributed by atoms with Gasteiger partial charge in [0.05, 0.1) is 11.5 Å². The first kappa shape index (κ1) is 14.0. The second-order valence-electron chi connectivity index (χ2n) is 4.55. The van der Waals surface area contributed by atoms with Crippen molar-refractivity contribution in [2.24, 2.45) is 0 Å². The van der Waals surface area contributed by atoms with Crippen molar-refractivity contribution in [2.45, 2.75) is 25.8 Å². The molecule has 108 valence electrons. The SMILES string of the molecule is CCNc1ccc([N+](=O)[O-])c(NCC(=O)NC2CC2)n1. The van der Waals surface area contributed by atoms with Crippen LogP contribution in [0.5, 0.6) is 0 Å². The number of nitro groups is 1. The summed E-state index contributed by atoms with van der Waals surface area (Å²) in [6.07, 6.45) is 2.00. The van der Waals surface area contributed by atoms with Gasteiger partial charge >= 0.3 is 5.69 Å². The van der Waals surface area contributed by atoms with E-state index >= 15 is 0 Å². The first-order valence-corrected chi connectivity index (χ1v) is 6.52. The zero-order valence-corrected chi connectivity index (χ0v) is 11.2. The smallest absolute Gasteiger partial charge is 0.311 e. The Morgan fingerprint density at radius 1 is 1.45 bits per heavy atom. The molecule has 1 aliphatic rings. The third kappa shape index (κ3) is 3.81. The van der Waals surface area contributed by atoms with E-state index in [0.717, 1.165) is 12.8 Å². The maximum absolute atomic E-state index is 11.6. The van der Waals surface area contributed by atoms with E-state index in [4.69, 9.17) is 0 Å². The van der Waals surface area contributed by atoms with Gasteiger partial charge in [0.15, 0.2) is 0 Å². The van der Waals surface area contributed by atoms with Crippen molar-refractivity contribution in [2.75, 3.05) is 23.7 Å². The van der Waals surface area contributed by atoms with Crippen LogP contribution >= 0.6 is 0 Å². The van der Waals surface area contributed by atoms with E-state index in [9.17, 15) is 14.9 Å². The molecule has 8 nitrogen and oxygen atoms in total. The maximum atomic E-state index is 11.6. The van der Waals surface area contributed by atoms with Crippen LogP contribution in [0.15, 0.2) is 12.1 Å². The van der Waals surface area contributed by atoms with Crippen LogP contribution in [-0.2, 0) is 4.79 Å². The van der Waals surface area contributed by atoms with E-state index in [1.165, 1.54) is 12.1 Å². The second-order valence-corrected chi connectivity index (χ2v) is 4.55. The minimum Gasteiger partial charge on any atom is -0.370 e. The van der Waals surface area contributed by atoms with Crippen LogP contribution in [0.3, 0.4) is 0 Å². The molecule has 1 heterocycles. The van der Waals surface area contributed by atoms with Crippen molar-refractivity contribution >= 4 is 23.2 Å². The maximum Gasteiger partial charge on any atom is 0.311 e. The van der Waals surface area contributed by atoms with Gasteiger partial charge in [0, 0.05) is 18.7 Å². The summed E-state index contributed by atoms with van der Waals surface area (Å²) >= 11 is 0. The molecule has 0 spiro atoms. The Morgan fingerprint density at radius 3 is 2.80 bits per heavy atom. The molecule has 1 aliphatic carbocycles. The number of carbonyl (C=O) groups excluding carboxylic acids is 1. The molecule has 0 unspecified atom stereocenters. The number of aromatic nitrogens is 1. The van der Waals surface area contributed by atoms with Gasteiger partial charge < -0.3 is 16.0 Å². The number of nitrogens with one attached hydrogen (secondary N) is 3. The summed E-state index contributed by atoms with van der Waals surface area (Å²) < 4.78 is 0. The van der Waals surface area contributed by atoms with Gasteiger partial charge in [-0.3, -0.25) is 14.9 Å². The average molecular weight is 279 g/mol. The van der Waals surface area contributed by atoms with Gasteiger partial charge in [0.25, 0.3) is 0 Å².